The summed E-state index contributed by atoms with van der Waals surface area (Å²) < 4.78 is 11.2. The molecule has 0 atom stereocenters. The van der Waals surface area contributed by atoms with Gasteiger partial charge in [0, 0.05) is 10.7 Å². The number of carbonyl (C=O) groups excluding carboxylic acids is 1. The summed E-state index contributed by atoms with van der Waals surface area (Å²) in [7, 11) is 0. The van der Waals surface area contributed by atoms with Gasteiger partial charge in [-0.3, -0.25) is 4.79 Å². The molecule has 0 saturated carbocycles. The Balaban J connectivity index is 1.63. The molecule has 3 rings (SSSR count). The van der Waals surface area contributed by atoms with Crippen molar-refractivity contribution < 1.29 is 13.9 Å². The third-order valence-electron chi connectivity index (χ3n) is 3.93. The van der Waals surface area contributed by atoms with E-state index in [2.05, 4.69) is 5.32 Å². The number of hydrogen-bond donors (Lipinski definition) is 1. The van der Waals surface area contributed by atoms with Crippen LogP contribution in [0.25, 0.3) is 0 Å². The Hall–Kier alpha value is -2.72. The third-order valence-corrected chi connectivity index (χ3v) is 4.18. The summed E-state index contributed by atoms with van der Waals surface area (Å²) in [6, 6.07) is 16.2. The van der Waals surface area contributed by atoms with E-state index in [0.29, 0.717) is 16.5 Å². The molecule has 1 heterocycles. The highest BCUT2D eigenvalue weighted by Gasteiger charge is 2.13. The fraction of sp³-hybridized carbons (Fsp3) is 0.150. The molecule has 4 nitrogen and oxygen atoms in total. The second-order valence-corrected chi connectivity index (χ2v) is 6.15. The van der Waals surface area contributed by atoms with E-state index in [9.17, 15) is 4.79 Å². The van der Waals surface area contributed by atoms with Gasteiger partial charge in [0.1, 0.15) is 18.1 Å². The van der Waals surface area contributed by atoms with Crippen molar-refractivity contribution in [2.45, 2.75) is 20.5 Å². The summed E-state index contributed by atoms with van der Waals surface area (Å²) in [5.74, 6) is 1.21. The number of amides is 1. The van der Waals surface area contributed by atoms with Crippen LogP contribution in [0.3, 0.4) is 0 Å². The number of hydrogen-bond acceptors (Lipinski definition) is 3. The number of carbonyl (C=O) groups is 1. The maximum absolute atomic E-state index is 12.3. The largest absolute Gasteiger partial charge is 0.486 e. The van der Waals surface area contributed by atoms with Crippen molar-refractivity contribution in [3.8, 4) is 5.75 Å². The Kier molecular flexibility index (Phi) is 5.10. The quantitative estimate of drug-likeness (QED) is 0.668. The molecule has 0 bridgehead atoms. The van der Waals surface area contributed by atoms with Gasteiger partial charge in [-0.05, 0) is 67.4 Å². The van der Waals surface area contributed by atoms with Gasteiger partial charge in [0.15, 0.2) is 5.76 Å². The Morgan fingerprint density at radius 1 is 1.08 bits per heavy atom. The van der Waals surface area contributed by atoms with Crippen LogP contribution in [0.4, 0.5) is 5.69 Å². The van der Waals surface area contributed by atoms with Crippen LogP contribution in [0.5, 0.6) is 5.75 Å². The van der Waals surface area contributed by atoms with Gasteiger partial charge in [-0.2, -0.15) is 0 Å². The number of ether oxygens (including phenoxy) is 1. The Morgan fingerprint density at radius 3 is 2.60 bits per heavy atom. The highest BCUT2D eigenvalue weighted by atomic mass is 35.5. The second kappa shape index (κ2) is 7.45. The van der Waals surface area contributed by atoms with Crippen LogP contribution < -0.4 is 10.1 Å². The van der Waals surface area contributed by atoms with Crippen LogP contribution in [-0.2, 0) is 6.61 Å². The summed E-state index contributed by atoms with van der Waals surface area (Å²) in [6.07, 6.45) is 0. The lowest BCUT2D eigenvalue weighted by Crippen LogP contribution is -2.12. The SMILES string of the molecule is Cc1cccc(NC(=O)c2ccc(COc3ccc(Cl)cc3)o2)c1C. The number of furan rings is 1. The van der Waals surface area contributed by atoms with Crippen LogP contribution >= 0.6 is 11.6 Å². The zero-order valence-electron chi connectivity index (χ0n) is 14.0. The highest BCUT2D eigenvalue weighted by molar-refractivity contribution is 6.30. The van der Waals surface area contributed by atoms with E-state index >= 15 is 0 Å². The van der Waals surface area contributed by atoms with Gasteiger partial charge >= 0.3 is 0 Å². The first-order valence-electron chi connectivity index (χ1n) is 7.87. The van der Waals surface area contributed by atoms with E-state index in [1.165, 1.54) is 0 Å². The number of aryl methyl sites for hydroxylation is 1. The number of halogens is 1. The minimum atomic E-state index is -0.286. The van der Waals surface area contributed by atoms with Crippen molar-refractivity contribution in [2.75, 3.05) is 5.32 Å². The maximum atomic E-state index is 12.3. The number of anilines is 1. The lowest BCUT2D eigenvalue weighted by molar-refractivity contribution is 0.0992. The molecule has 0 fully saturated rings. The summed E-state index contributed by atoms with van der Waals surface area (Å²) in [4.78, 5) is 12.3. The van der Waals surface area contributed by atoms with Crippen LogP contribution in [0.15, 0.2) is 59.0 Å². The topological polar surface area (TPSA) is 51.5 Å². The highest BCUT2D eigenvalue weighted by Crippen LogP contribution is 2.20. The van der Waals surface area contributed by atoms with Crippen molar-refractivity contribution in [3.05, 3.63) is 82.3 Å². The van der Waals surface area contributed by atoms with Crippen molar-refractivity contribution >= 4 is 23.2 Å². The number of benzene rings is 2. The standard InChI is InChI=1S/C20H18ClNO3/c1-13-4-3-5-18(14(13)2)22-20(23)19-11-10-17(25-19)12-24-16-8-6-15(21)7-9-16/h3-11H,12H2,1-2H3,(H,22,23). The predicted octanol–water partition coefficient (Wildman–Crippen LogP) is 5.38. The normalized spacial score (nSPS) is 10.5. The molecule has 0 radical (unpaired) electrons. The maximum Gasteiger partial charge on any atom is 0.291 e. The third kappa shape index (κ3) is 4.22. The minimum Gasteiger partial charge on any atom is -0.486 e. The van der Waals surface area contributed by atoms with Crippen molar-refractivity contribution in [2.24, 2.45) is 0 Å². The molecule has 1 N–H and O–H groups in total. The molecule has 2 aromatic carbocycles. The molecule has 0 spiro atoms. The first-order valence-corrected chi connectivity index (χ1v) is 8.25. The molecule has 1 amide bonds. The minimum absolute atomic E-state index is 0.235. The molecule has 5 heteroatoms. The predicted molar refractivity (Wildman–Crippen MR) is 98.4 cm³/mol. The fourth-order valence-electron chi connectivity index (χ4n) is 2.33. The average Bonchev–Trinajstić information content (AvgIpc) is 3.08. The van der Waals surface area contributed by atoms with E-state index in [-0.39, 0.29) is 18.3 Å². The molecule has 0 saturated heterocycles. The summed E-state index contributed by atoms with van der Waals surface area (Å²) in [6.45, 7) is 4.21. The Bertz CT molecular complexity index is 884. The van der Waals surface area contributed by atoms with E-state index in [0.717, 1.165) is 16.8 Å². The van der Waals surface area contributed by atoms with Gasteiger partial charge in [-0.1, -0.05) is 23.7 Å². The van der Waals surface area contributed by atoms with Gasteiger partial charge in [0.05, 0.1) is 0 Å². The molecule has 0 aliphatic carbocycles. The fourth-order valence-corrected chi connectivity index (χ4v) is 2.46. The monoisotopic (exact) mass is 355 g/mol. The van der Waals surface area contributed by atoms with Gasteiger partial charge in [-0.25, -0.2) is 0 Å². The summed E-state index contributed by atoms with van der Waals surface area (Å²) >= 11 is 5.84. The molecule has 1 aromatic heterocycles. The van der Waals surface area contributed by atoms with Gasteiger partial charge in [-0.15, -0.1) is 0 Å². The van der Waals surface area contributed by atoms with Gasteiger partial charge in [0.25, 0.3) is 5.91 Å². The Labute approximate surface area is 151 Å². The Morgan fingerprint density at radius 2 is 1.84 bits per heavy atom. The summed E-state index contributed by atoms with van der Waals surface area (Å²) in [5.41, 5.74) is 2.93. The molecule has 0 unspecified atom stereocenters. The van der Waals surface area contributed by atoms with E-state index < -0.39 is 0 Å². The lowest BCUT2D eigenvalue weighted by atomic mass is 10.1. The molecule has 128 valence electrons. The zero-order valence-corrected chi connectivity index (χ0v) is 14.8. The molecule has 0 aliphatic heterocycles. The smallest absolute Gasteiger partial charge is 0.291 e. The van der Waals surface area contributed by atoms with Crippen LogP contribution in [0.2, 0.25) is 5.02 Å². The van der Waals surface area contributed by atoms with Gasteiger partial charge < -0.3 is 14.5 Å². The van der Waals surface area contributed by atoms with E-state index in [1.807, 2.05) is 32.0 Å². The molecular weight excluding hydrogens is 338 g/mol. The van der Waals surface area contributed by atoms with Crippen LogP contribution in [0.1, 0.15) is 27.4 Å². The van der Waals surface area contributed by atoms with Crippen molar-refractivity contribution in [1.82, 2.24) is 0 Å². The second-order valence-electron chi connectivity index (χ2n) is 5.71. The molecule has 0 aliphatic rings. The first-order chi connectivity index (χ1) is 12.0. The van der Waals surface area contributed by atoms with Gasteiger partial charge in [0.2, 0.25) is 0 Å². The number of nitrogens with one attached hydrogen (secondary N) is 1. The van der Waals surface area contributed by atoms with Crippen molar-refractivity contribution in [3.63, 3.8) is 0 Å². The van der Waals surface area contributed by atoms with Crippen LogP contribution in [-0.4, -0.2) is 5.91 Å². The van der Waals surface area contributed by atoms with E-state index in [1.54, 1.807) is 36.4 Å². The molecular formula is C20H18ClNO3. The molecule has 3 aromatic rings. The zero-order chi connectivity index (χ0) is 17.8. The molecule has 25 heavy (non-hydrogen) atoms. The van der Waals surface area contributed by atoms with E-state index in [4.69, 9.17) is 20.8 Å². The van der Waals surface area contributed by atoms with Crippen LogP contribution in [0, 0.1) is 13.8 Å². The number of rotatable bonds is 5. The summed E-state index contributed by atoms with van der Waals surface area (Å²) in [5, 5.41) is 3.52. The average molecular weight is 356 g/mol. The first kappa shape index (κ1) is 17.1. The van der Waals surface area contributed by atoms with Crippen molar-refractivity contribution in [1.29, 1.82) is 0 Å². The lowest BCUT2D eigenvalue weighted by Gasteiger charge is -2.09.